The summed E-state index contributed by atoms with van der Waals surface area (Å²) in [5, 5.41) is 7.57. The SMILES string of the molecule is CC[C@H](C)[C@H](NC(=O)OC)C(=O)N1[C@H]2CC[C@H](C2)[C@H]1c1nc2ccc(-c3ccc4cc(-c5cnc([C@@H]6C=C(C)CN6C(=O)[C@@H](NC(=O)OC)[C@@H](C)OC)[nH]5)ccc4c3)cc2[nH]1. The summed E-state index contributed by atoms with van der Waals surface area (Å²) in [7, 11) is 4.06. The van der Waals surface area contributed by atoms with Crippen LogP contribution in [-0.2, 0) is 23.8 Å². The normalized spacial score (nSPS) is 21.6. The van der Waals surface area contributed by atoms with E-state index in [0.29, 0.717) is 18.3 Å². The Morgan fingerprint density at radius 1 is 0.836 bits per heavy atom. The minimum absolute atomic E-state index is 0.0608. The van der Waals surface area contributed by atoms with Crippen molar-refractivity contribution in [3.05, 3.63) is 84.1 Å². The highest BCUT2D eigenvalue weighted by molar-refractivity contribution is 5.92. The highest BCUT2D eigenvalue weighted by Crippen LogP contribution is 2.50. The van der Waals surface area contributed by atoms with E-state index in [0.717, 1.165) is 81.3 Å². The van der Waals surface area contributed by atoms with E-state index < -0.39 is 36.4 Å². The third kappa shape index (κ3) is 7.94. The number of methoxy groups -OCH3 is 3. The summed E-state index contributed by atoms with van der Waals surface area (Å²) in [6.45, 7) is 8.08. The third-order valence-corrected chi connectivity index (χ3v) is 13.0. The van der Waals surface area contributed by atoms with Crippen LogP contribution >= 0.6 is 0 Å². The fraction of sp³-hybridized carbons (Fsp3) is 0.435. The van der Waals surface area contributed by atoms with Gasteiger partial charge in [-0.25, -0.2) is 19.6 Å². The first-order chi connectivity index (χ1) is 29.4. The average Bonchev–Trinajstić information content (AvgIpc) is 4.14. The molecule has 320 valence electrons. The number of nitrogens with one attached hydrogen (secondary N) is 4. The van der Waals surface area contributed by atoms with E-state index in [1.165, 1.54) is 21.3 Å². The Morgan fingerprint density at radius 3 is 2.21 bits per heavy atom. The molecule has 0 unspecified atom stereocenters. The summed E-state index contributed by atoms with van der Waals surface area (Å²) in [4.78, 5) is 72.8. The maximum absolute atomic E-state index is 14.2. The fourth-order valence-electron chi connectivity index (χ4n) is 9.36. The molecule has 0 radical (unpaired) electrons. The van der Waals surface area contributed by atoms with Gasteiger partial charge in [-0.1, -0.05) is 62.2 Å². The number of piperidine rings is 1. The van der Waals surface area contributed by atoms with Gasteiger partial charge in [-0.2, -0.15) is 0 Å². The maximum atomic E-state index is 14.2. The number of imidazole rings is 2. The van der Waals surface area contributed by atoms with Crippen molar-refractivity contribution in [2.75, 3.05) is 27.9 Å². The van der Waals surface area contributed by atoms with E-state index in [9.17, 15) is 19.2 Å². The molecule has 1 saturated heterocycles. The zero-order chi connectivity index (χ0) is 43.1. The highest BCUT2D eigenvalue weighted by Gasteiger charge is 2.51. The van der Waals surface area contributed by atoms with Crippen LogP contribution in [0.3, 0.4) is 0 Å². The van der Waals surface area contributed by atoms with E-state index in [2.05, 4.69) is 69.1 Å². The molecule has 4 amide bonds. The molecule has 15 heteroatoms. The van der Waals surface area contributed by atoms with Gasteiger partial charge >= 0.3 is 12.2 Å². The van der Waals surface area contributed by atoms with Gasteiger partial charge in [0.15, 0.2) is 0 Å². The molecule has 2 bridgehead atoms. The van der Waals surface area contributed by atoms with Crippen molar-refractivity contribution in [3.63, 3.8) is 0 Å². The van der Waals surface area contributed by atoms with Crippen molar-refractivity contribution in [3.8, 4) is 22.4 Å². The van der Waals surface area contributed by atoms with Crippen LogP contribution in [0, 0.1) is 11.8 Å². The van der Waals surface area contributed by atoms with Crippen LogP contribution in [-0.4, -0.2) is 106 Å². The van der Waals surface area contributed by atoms with Crippen LogP contribution in [0.15, 0.2) is 72.4 Å². The summed E-state index contributed by atoms with van der Waals surface area (Å²) in [5.74, 6) is 1.24. The number of rotatable bonds is 12. The molecule has 4 heterocycles. The van der Waals surface area contributed by atoms with Crippen molar-refractivity contribution in [1.82, 2.24) is 40.4 Å². The van der Waals surface area contributed by atoms with Crippen LogP contribution in [0.4, 0.5) is 9.59 Å². The van der Waals surface area contributed by atoms with Gasteiger partial charge in [-0.15, -0.1) is 0 Å². The maximum Gasteiger partial charge on any atom is 0.407 e. The number of carbonyl (C=O) groups excluding carboxylic acids is 4. The lowest BCUT2D eigenvalue weighted by Gasteiger charge is -2.37. The molecule has 8 atom stereocenters. The predicted octanol–water partition coefficient (Wildman–Crippen LogP) is 7.19. The summed E-state index contributed by atoms with van der Waals surface area (Å²) in [5.41, 5.74) is 6.59. The topological polar surface area (TPSA) is 184 Å². The monoisotopic (exact) mass is 830 g/mol. The smallest absolute Gasteiger partial charge is 0.407 e. The largest absolute Gasteiger partial charge is 0.453 e. The molecule has 3 aromatic carbocycles. The average molecular weight is 831 g/mol. The van der Waals surface area contributed by atoms with Gasteiger partial charge in [0.1, 0.15) is 29.8 Å². The Bertz CT molecular complexity index is 2510. The van der Waals surface area contributed by atoms with Gasteiger partial charge in [0, 0.05) is 25.3 Å². The number of nitrogens with zero attached hydrogens (tertiary/aromatic N) is 4. The van der Waals surface area contributed by atoms with Gasteiger partial charge in [0.25, 0.3) is 0 Å². The quantitative estimate of drug-likeness (QED) is 0.0946. The van der Waals surface area contributed by atoms with E-state index >= 15 is 0 Å². The third-order valence-electron chi connectivity index (χ3n) is 13.0. The standard InChI is InChI=1S/C46H54N8O7/c1-8-25(3)38(51-45(57)60-6)44(56)54-33-15-13-32(20-33)40(54)42-48-34-16-14-30(21-35(34)49-42)28-9-10-29-19-31(12-11-27(29)18-28)36-22-47-41(50-36)37-17-24(2)23-53(37)43(55)39(26(4)59-5)52-46(58)61-7/h9-12,14,16-19,21-22,25-26,32-33,37-40H,8,13,15,20,23H2,1-7H3,(H,47,50)(H,48,49)(H,51,57)(H,52,58)/t25-,26+,32+,33-,37-,38-,39-,40-/m0/s1. The lowest BCUT2D eigenvalue weighted by molar-refractivity contribution is -0.139. The summed E-state index contributed by atoms with van der Waals surface area (Å²) in [6, 6.07) is 16.7. The molecular weight excluding hydrogens is 777 g/mol. The van der Waals surface area contributed by atoms with Gasteiger partial charge in [-0.05, 0) is 91.1 Å². The second-order valence-electron chi connectivity index (χ2n) is 16.7. The number of likely N-dealkylation sites (tertiary alicyclic amines) is 1. The number of ether oxygens (including phenoxy) is 3. The highest BCUT2D eigenvalue weighted by atomic mass is 16.5. The summed E-state index contributed by atoms with van der Waals surface area (Å²) < 4.78 is 15.1. The Hall–Kier alpha value is -6.22. The van der Waals surface area contributed by atoms with Crippen LogP contribution < -0.4 is 10.6 Å². The van der Waals surface area contributed by atoms with E-state index in [1.807, 2.05) is 37.8 Å². The number of fused-ring (bicyclic) bond motifs is 4. The first kappa shape index (κ1) is 41.5. The van der Waals surface area contributed by atoms with Gasteiger partial charge in [-0.3, -0.25) is 9.59 Å². The first-order valence-electron chi connectivity index (χ1n) is 21.0. The number of carbonyl (C=O) groups is 4. The molecular formula is C46H54N8O7. The first-order valence-corrected chi connectivity index (χ1v) is 21.0. The van der Waals surface area contributed by atoms with Crippen molar-refractivity contribution >= 4 is 45.8 Å². The molecule has 1 aliphatic carbocycles. The van der Waals surface area contributed by atoms with Crippen LogP contribution in [0.2, 0.25) is 0 Å². The molecule has 2 aliphatic heterocycles. The van der Waals surface area contributed by atoms with Crippen molar-refractivity contribution in [1.29, 1.82) is 0 Å². The molecule has 5 aromatic rings. The Balaban J connectivity index is 1.01. The lowest BCUT2D eigenvalue weighted by Crippen LogP contribution is -2.54. The Labute approximate surface area is 354 Å². The molecule has 2 fully saturated rings. The second kappa shape index (κ2) is 17.0. The van der Waals surface area contributed by atoms with E-state index in [-0.39, 0.29) is 29.8 Å². The predicted molar refractivity (Wildman–Crippen MR) is 230 cm³/mol. The van der Waals surface area contributed by atoms with Gasteiger partial charge in [0.2, 0.25) is 11.8 Å². The lowest BCUT2D eigenvalue weighted by atomic mass is 9.94. The number of H-pyrrole nitrogens is 2. The molecule has 4 N–H and O–H groups in total. The van der Waals surface area contributed by atoms with Crippen LogP contribution in [0.5, 0.6) is 0 Å². The molecule has 3 aliphatic rings. The second-order valence-corrected chi connectivity index (χ2v) is 16.7. The molecule has 15 nitrogen and oxygen atoms in total. The molecule has 61 heavy (non-hydrogen) atoms. The molecule has 2 aromatic heterocycles. The van der Waals surface area contributed by atoms with E-state index in [4.69, 9.17) is 24.2 Å². The van der Waals surface area contributed by atoms with Crippen LogP contribution in [0.25, 0.3) is 44.2 Å². The molecule has 8 rings (SSSR count). The zero-order valence-corrected chi connectivity index (χ0v) is 35.7. The Morgan fingerprint density at radius 2 is 1.51 bits per heavy atom. The molecule has 0 spiro atoms. The van der Waals surface area contributed by atoms with Crippen molar-refractivity contribution < 1.29 is 33.4 Å². The van der Waals surface area contributed by atoms with Gasteiger partial charge < -0.3 is 44.6 Å². The number of aromatic amines is 2. The number of alkyl carbamates (subject to hydrolysis) is 2. The number of benzene rings is 3. The number of aromatic nitrogens is 4. The summed E-state index contributed by atoms with van der Waals surface area (Å²) in [6.07, 6.45) is 5.51. The molecule has 1 saturated carbocycles. The van der Waals surface area contributed by atoms with Crippen LogP contribution in [0.1, 0.15) is 77.1 Å². The summed E-state index contributed by atoms with van der Waals surface area (Å²) >= 11 is 0. The number of amides is 4. The number of hydrogen-bond acceptors (Lipinski definition) is 9. The zero-order valence-electron chi connectivity index (χ0n) is 35.7. The number of hydrogen-bond donors (Lipinski definition) is 4. The van der Waals surface area contributed by atoms with Crippen molar-refractivity contribution in [2.45, 2.75) is 89.7 Å². The fourth-order valence-corrected chi connectivity index (χ4v) is 9.36. The minimum Gasteiger partial charge on any atom is -0.453 e. The minimum atomic E-state index is -0.945. The van der Waals surface area contributed by atoms with Gasteiger partial charge in [0.05, 0.1) is 49.3 Å². The van der Waals surface area contributed by atoms with E-state index in [1.54, 1.807) is 18.0 Å². The van der Waals surface area contributed by atoms with Crippen molar-refractivity contribution in [2.24, 2.45) is 11.8 Å². The Kier molecular flexibility index (Phi) is 11.6.